The third-order valence-corrected chi connectivity index (χ3v) is 7.01. The monoisotopic (exact) mass is 446 g/mol. The maximum Gasteiger partial charge on any atom is 0.312 e. The number of hydrogen-bond donors (Lipinski definition) is 0. The zero-order chi connectivity index (χ0) is 22.0. The van der Waals surface area contributed by atoms with E-state index in [1.54, 1.807) is 24.3 Å². The molecule has 0 radical (unpaired) electrons. The molecule has 0 N–H and O–H groups in total. The lowest BCUT2D eigenvalue weighted by molar-refractivity contribution is -0.154. The van der Waals surface area contributed by atoms with Crippen molar-refractivity contribution in [3.63, 3.8) is 0 Å². The summed E-state index contributed by atoms with van der Waals surface area (Å²) >= 11 is 0. The molecule has 0 saturated carbocycles. The molecule has 1 saturated heterocycles. The third-order valence-electron chi connectivity index (χ3n) is 5.13. The molecule has 1 aromatic heterocycles. The molecule has 1 aliphatic heterocycles. The van der Waals surface area contributed by atoms with Crippen LogP contribution in [0.15, 0.2) is 58.2 Å². The van der Waals surface area contributed by atoms with E-state index in [0.717, 1.165) is 16.8 Å². The van der Waals surface area contributed by atoms with Crippen LogP contribution in [0.1, 0.15) is 12.8 Å². The highest BCUT2D eigenvalue weighted by molar-refractivity contribution is 7.89. The van der Waals surface area contributed by atoms with Gasteiger partial charge in [-0.15, -0.1) is 5.10 Å². The summed E-state index contributed by atoms with van der Waals surface area (Å²) in [5.41, 5.74) is -0.00782. The van der Waals surface area contributed by atoms with Crippen molar-refractivity contribution in [2.75, 3.05) is 13.1 Å². The molecule has 0 amide bonds. The minimum atomic E-state index is -3.86. The van der Waals surface area contributed by atoms with Gasteiger partial charge in [0.1, 0.15) is 11.3 Å². The predicted octanol–water partition coefficient (Wildman–Crippen LogP) is 1.53. The Morgan fingerprint density at radius 3 is 2.68 bits per heavy atom. The van der Waals surface area contributed by atoms with Crippen LogP contribution in [0.3, 0.4) is 0 Å². The summed E-state index contributed by atoms with van der Waals surface area (Å²) in [5, 5.41) is 8.04. The van der Waals surface area contributed by atoms with Gasteiger partial charge in [0, 0.05) is 13.1 Å². The Balaban J connectivity index is 1.44. The van der Waals surface area contributed by atoms with E-state index in [0.29, 0.717) is 23.7 Å². The fourth-order valence-electron chi connectivity index (χ4n) is 3.46. The van der Waals surface area contributed by atoms with Gasteiger partial charge in [0.25, 0.3) is 5.56 Å². The first kappa shape index (κ1) is 21.1. The standard InChI is InChI=1S/C20H19FN4O5S/c21-15-7-9-16(10-8-15)31(28,29)24-11-3-4-14(12-24)20(27)30-13-25-19(26)17-5-1-2-6-18(17)22-23-25/h1-2,5-10,14H,3-4,11-13H2. The van der Waals surface area contributed by atoms with Crippen molar-refractivity contribution in [3.8, 4) is 0 Å². The number of piperidine rings is 1. The Morgan fingerprint density at radius 1 is 1.16 bits per heavy atom. The highest BCUT2D eigenvalue weighted by Gasteiger charge is 2.34. The number of ether oxygens (including phenoxy) is 1. The van der Waals surface area contributed by atoms with Gasteiger partial charge in [0.15, 0.2) is 6.73 Å². The Morgan fingerprint density at radius 2 is 1.90 bits per heavy atom. The first-order valence-corrected chi connectivity index (χ1v) is 11.0. The van der Waals surface area contributed by atoms with Crippen LogP contribution in [-0.4, -0.2) is 46.8 Å². The highest BCUT2D eigenvalue weighted by Crippen LogP contribution is 2.24. The number of rotatable bonds is 5. The molecule has 11 heteroatoms. The lowest BCUT2D eigenvalue weighted by Gasteiger charge is -2.30. The molecule has 162 valence electrons. The van der Waals surface area contributed by atoms with Gasteiger partial charge in [-0.2, -0.15) is 8.99 Å². The number of halogens is 1. The van der Waals surface area contributed by atoms with E-state index < -0.39 is 40.0 Å². The molecule has 0 bridgehead atoms. The molecule has 1 aliphatic rings. The lowest BCUT2D eigenvalue weighted by Crippen LogP contribution is -2.43. The van der Waals surface area contributed by atoms with E-state index in [4.69, 9.17) is 4.74 Å². The summed E-state index contributed by atoms with van der Waals surface area (Å²) in [6, 6.07) is 11.2. The van der Waals surface area contributed by atoms with Crippen LogP contribution in [-0.2, 0) is 26.3 Å². The first-order valence-electron chi connectivity index (χ1n) is 9.61. The molecule has 2 aromatic carbocycles. The van der Waals surface area contributed by atoms with E-state index in [-0.39, 0.29) is 18.0 Å². The number of carbonyl (C=O) groups excluding carboxylic acids is 1. The molecule has 1 atom stereocenters. The second-order valence-electron chi connectivity index (χ2n) is 7.16. The van der Waals surface area contributed by atoms with Crippen LogP contribution >= 0.6 is 0 Å². The quantitative estimate of drug-likeness (QED) is 0.547. The Kier molecular flexibility index (Phi) is 5.79. The van der Waals surface area contributed by atoms with E-state index in [2.05, 4.69) is 10.3 Å². The van der Waals surface area contributed by atoms with Crippen molar-refractivity contribution in [1.82, 2.24) is 19.3 Å². The lowest BCUT2D eigenvalue weighted by atomic mass is 10.0. The first-order chi connectivity index (χ1) is 14.9. The molecule has 0 aliphatic carbocycles. The number of hydrogen-bond acceptors (Lipinski definition) is 7. The molecule has 1 unspecified atom stereocenters. The van der Waals surface area contributed by atoms with Crippen molar-refractivity contribution in [2.24, 2.45) is 5.92 Å². The van der Waals surface area contributed by atoms with Crippen molar-refractivity contribution < 1.29 is 22.3 Å². The molecule has 3 aromatic rings. The van der Waals surface area contributed by atoms with E-state index in [9.17, 15) is 22.4 Å². The topological polar surface area (TPSA) is 111 Å². The molecule has 4 rings (SSSR count). The van der Waals surface area contributed by atoms with Crippen molar-refractivity contribution in [3.05, 3.63) is 64.7 Å². The largest absolute Gasteiger partial charge is 0.442 e. The molecule has 1 fully saturated rings. The van der Waals surface area contributed by atoms with Crippen LogP contribution < -0.4 is 5.56 Å². The number of esters is 1. The van der Waals surface area contributed by atoms with Gasteiger partial charge in [-0.3, -0.25) is 9.59 Å². The number of aromatic nitrogens is 3. The van der Waals surface area contributed by atoms with Gasteiger partial charge in [-0.25, -0.2) is 12.8 Å². The molecule has 2 heterocycles. The maximum absolute atomic E-state index is 13.1. The van der Waals surface area contributed by atoms with Crippen LogP contribution in [0.4, 0.5) is 4.39 Å². The summed E-state index contributed by atoms with van der Waals surface area (Å²) in [6.07, 6.45) is 0.919. The number of benzene rings is 2. The van der Waals surface area contributed by atoms with Gasteiger partial charge in [0.05, 0.1) is 16.2 Å². The van der Waals surface area contributed by atoms with E-state index >= 15 is 0 Å². The molecule has 0 spiro atoms. The summed E-state index contributed by atoms with van der Waals surface area (Å²) in [4.78, 5) is 24.9. The minimum Gasteiger partial charge on any atom is -0.442 e. The third kappa shape index (κ3) is 4.32. The summed E-state index contributed by atoms with van der Waals surface area (Å²) in [7, 11) is -3.86. The average molecular weight is 446 g/mol. The second kappa shape index (κ2) is 8.52. The smallest absolute Gasteiger partial charge is 0.312 e. The summed E-state index contributed by atoms with van der Waals surface area (Å²) in [6.45, 7) is -0.230. The molecular formula is C20H19FN4O5S. The molecule has 31 heavy (non-hydrogen) atoms. The number of carbonyl (C=O) groups is 1. The number of nitrogens with zero attached hydrogens (tertiary/aromatic N) is 4. The fraction of sp³-hybridized carbons (Fsp3) is 0.300. The van der Waals surface area contributed by atoms with Crippen LogP contribution in [0.2, 0.25) is 0 Å². The summed E-state index contributed by atoms with van der Waals surface area (Å²) in [5.74, 6) is -1.85. The van der Waals surface area contributed by atoms with Gasteiger partial charge in [-0.1, -0.05) is 17.3 Å². The Labute approximate surface area is 177 Å². The maximum atomic E-state index is 13.1. The molecule has 9 nitrogen and oxygen atoms in total. The summed E-state index contributed by atoms with van der Waals surface area (Å²) < 4.78 is 46.1. The minimum absolute atomic E-state index is 0.0408. The van der Waals surface area contributed by atoms with Crippen LogP contribution in [0.5, 0.6) is 0 Å². The second-order valence-corrected chi connectivity index (χ2v) is 9.10. The number of sulfonamides is 1. The normalized spacial score (nSPS) is 17.5. The zero-order valence-corrected chi connectivity index (χ0v) is 17.2. The SMILES string of the molecule is O=C(OCn1nnc2ccccc2c1=O)C1CCCN(S(=O)(=O)c2ccc(F)cc2)C1. The molecular weight excluding hydrogens is 427 g/mol. The van der Waals surface area contributed by atoms with Crippen molar-refractivity contribution in [2.45, 2.75) is 24.5 Å². The van der Waals surface area contributed by atoms with Crippen molar-refractivity contribution in [1.29, 1.82) is 0 Å². The Bertz CT molecular complexity index is 1280. The van der Waals surface area contributed by atoms with Crippen LogP contribution in [0, 0.1) is 11.7 Å². The van der Waals surface area contributed by atoms with Crippen LogP contribution in [0.25, 0.3) is 10.9 Å². The average Bonchev–Trinajstić information content (AvgIpc) is 2.79. The van der Waals surface area contributed by atoms with Gasteiger partial charge < -0.3 is 4.74 Å². The zero-order valence-electron chi connectivity index (χ0n) is 16.3. The predicted molar refractivity (Wildman–Crippen MR) is 108 cm³/mol. The van der Waals surface area contributed by atoms with Gasteiger partial charge >= 0.3 is 5.97 Å². The van der Waals surface area contributed by atoms with Crippen molar-refractivity contribution >= 4 is 26.9 Å². The number of fused-ring (bicyclic) bond motifs is 1. The van der Waals surface area contributed by atoms with Gasteiger partial charge in [-0.05, 0) is 49.2 Å². The Hall–Kier alpha value is -3.18. The highest BCUT2D eigenvalue weighted by atomic mass is 32.2. The fourth-order valence-corrected chi connectivity index (χ4v) is 4.98. The van der Waals surface area contributed by atoms with E-state index in [1.807, 2.05) is 0 Å². The van der Waals surface area contributed by atoms with E-state index in [1.165, 1.54) is 16.4 Å². The van der Waals surface area contributed by atoms with Gasteiger partial charge in [0.2, 0.25) is 10.0 Å².